The van der Waals surface area contributed by atoms with Gasteiger partial charge in [0.2, 0.25) is 0 Å². The summed E-state index contributed by atoms with van der Waals surface area (Å²) >= 11 is 0. The molecule has 0 atom stereocenters. The first-order valence-corrected chi connectivity index (χ1v) is 9.26. The number of nitrogens with two attached hydrogens (primary N) is 1. The molecule has 0 bridgehead atoms. The number of anilines is 1. The molecule has 5 N–H and O–H groups in total. The first-order valence-electron chi connectivity index (χ1n) is 9.26. The predicted octanol–water partition coefficient (Wildman–Crippen LogP) is 3.96. The number of rotatable bonds is 5. The van der Waals surface area contributed by atoms with E-state index >= 15 is 0 Å². The monoisotopic (exact) mass is 473 g/mol. The molecule has 1 aromatic carbocycles. The van der Waals surface area contributed by atoms with Crippen molar-refractivity contribution in [3.05, 3.63) is 29.8 Å². The van der Waals surface area contributed by atoms with Crippen molar-refractivity contribution < 1.29 is 4.79 Å². The SMILES string of the molecule is CC(C)NC(=O)Nc1ccc(CN=C(N)NC2CCCCCC2)cc1.I. The van der Waals surface area contributed by atoms with Crippen LogP contribution in [0.5, 0.6) is 0 Å². The third kappa shape index (κ3) is 8.73. The lowest BCUT2D eigenvalue weighted by atomic mass is 10.1. The lowest BCUT2D eigenvalue weighted by molar-refractivity contribution is 0.250. The molecule has 1 aliphatic rings. The maximum absolute atomic E-state index is 11.7. The van der Waals surface area contributed by atoms with Gasteiger partial charge in [0, 0.05) is 17.8 Å². The van der Waals surface area contributed by atoms with Crippen molar-refractivity contribution in [1.82, 2.24) is 10.6 Å². The van der Waals surface area contributed by atoms with E-state index in [9.17, 15) is 4.79 Å². The molecule has 0 aliphatic heterocycles. The second kappa shape index (κ2) is 12.0. The number of carbonyl (C=O) groups excluding carboxylic acids is 1. The fourth-order valence-electron chi connectivity index (χ4n) is 2.98. The molecule has 1 fully saturated rings. The molecule has 2 amide bonds. The molecule has 0 heterocycles. The third-order valence-electron chi connectivity index (χ3n) is 4.27. The summed E-state index contributed by atoms with van der Waals surface area (Å²) in [6.07, 6.45) is 7.53. The van der Waals surface area contributed by atoms with Gasteiger partial charge in [0.15, 0.2) is 5.96 Å². The van der Waals surface area contributed by atoms with Crippen LogP contribution in [-0.2, 0) is 6.54 Å². The van der Waals surface area contributed by atoms with Gasteiger partial charge < -0.3 is 21.7 Å². The van der Waals surface area contributed by atoms with Crippen molar-refractivity contribution in [3.63, 3.8) is 0 Å². The summed E-state index contributed by atoms with van der Waals surface area (Å²) in [6, 6.07) is 8.02. The largest absolute Gasteiger partial charge is 0.370 e. The average molecular weight is 473 g/mol. The number of benzene rings is 1. The normalized spacial score (nSPS) is 15.7. The zero-order chi connectivity index (χ0) is 18.1. The first-order chi connectivity index (χ1) is 12.0. The van der Waals surface area contributed by atoms with Crippen molar-refractivity contribution in [3.8, 4) is 0 Å². The summed E-state index contributed by atoms with van der Waals surface area (Å²) in [5.41, 5.74) is 7.83. The van der Waals surface area contributed by atoms with Crippen molar-refractivity contribution in [2.75, 3.05) is 5.32 Å². The third-order valence-corrected chi connectivity index (χ3v) is 4.27. The fraction of sp³-hybridized carbons (Fsp3) is 0.579. The van der Waals surface area contributed by atoms with E-state index in [1.54, 1.807) is 0 Å². The zero-order valence-corrected chi connectivity index (χ0v) is 18.1. The summed E-state index contributed by atoms with van der Waals surface area (Å²) in [5, 5.41) is 8.94. The number of hydrogen-bond acceptors (Lipinski definition) is 2. The molecule has 7 heteroatoms. The highest BCUT2D eigenvalue weighted by atomic mass is 127. The molecule has 0 spiro atoms. The molecule has 0 saturated heterocycles. The van der Waals surface area contributed by atoms with Gasteiger partial charge in [-0.25, -0.2) is 9.79 Å². The standard InChI is InChI=1S/C19H31N5O.HI/c1-14(2)22-19(25)24-17-11-9-15(10-12-17)13-21-18(20)23-16-7-5-3-4-6-8-16;/h9-12,14,16H,3-8,13H2,1-2H3,(H3,20,21,23)(H2,22,24,25);1H. The summed E-state index contributed by atoms with van der Waals surface area (Å²) in [6.45, 7) is 4.38. The van der Waals surface area contributed by atoms with Crippen LogP contribution in [0, 0.1) is 0 Å². The molecular weight excluding hydrogens is 441 g/mol. The number of aliphatic imine (C=N–C) groups is 1. The minimum absolute atomic E-state index is 0. The van der Waals surface area contributed by atoms with E-state index in [4.69, 9.17) is 5.73 Å². The van der Waals surface area contributed by atoms with Gasteiger partial charge in [-0.15, -0.1) is 24.0 Å². The Morgan fingerprint density at radius 1 is 1.15 bits per heavy atom. The Balaban J connectivity index is 0.00000338. The number of nitrogens with zero attached hydrogens (tertiary/aromatic N) is 1. The maximum Gasteiger partial charge on any atom is 0.319 e. The number of nitrogens with one attached hydrogen (secondary N) is 3. The molecule has 6 nitrogen and oxygen atoms in total. The Bertz CT molecular complexity index is 566. The van der Waals surface area contributed by atoms with Crippen LogP contribution >= 0.6 is 24.0 Å². The highest BCUT2D eigenvalue weighted by Gasteiger charge is 2.12. The lowest BCUT2D eigenvalue weighted by Crippen LogP contribution is -2.39. The lowest BCUT2D eigenvalue weighted by Gasteiger charge is -2.16. The van der Waals surface area contributed by atoms with Gasteiger partial charge >= 0.3 is 6.03 Å². The molecule has 146 valence electrons. The van der Waals surface area contributed by atoms with E-state index in [1.165, 1.54) is 38.5 Å². The number of hydrogen-bond donors (Lipinski definition) is 4. The minimum atomic E-state index is -0.197. The molecule has 1 aliphatic carbocycles. The number of amides is 2. The van der Waals surface area contributed by atoms with E-state index in [0.29, 0.717) is 18.5 Å². The molecule has 0 radical (unpaired) electrons. The minimum Gasteiger partial charge on any atom is -0.370 e. The Kier molecular flexibility index (Phi) is 10.4. The zero-order valence-electron chi connectivity index (χ0n) is 15.8. The van der Waals surface area contributed by atoms with Gasteiger partial charge in [0.1, 0.15) is 0 Å². The summed E-state index contributed by atoms with van der Waals surface area (Å²) in [4.78, 5) is 16.1. The van der Waals surface area contributed by atoms with Crippen LogP contribution in [0.25, 0.3) is 0 Å². The predicted molar refractivity (Wildman–Crippen MR) is 119 cm³/mol. The van der Waals surface area contributed by atoms with E-state index in [0.717, 1.165) is 11.3 Å². The van der Waals surface area contributed by atoms with E-state index in [-0.39, 0.29) is 36.0 Å². The van der Waals surface area contributed by atoms with Crippen LogP contribution in [0.2, 0.25) is 0 Å². The summed E-state index contributed by atoms with van der Waals surface area (Å²) in [5.74, 6) is 0.519. The van der Waals surface area contributed by atoms with Crippen LogP contribution in [-0.4, -0.2) is 24.1 Å². The van der Waals surface area contributed by atoms with Crippen molar-refractivity contribution in [2.45, 2.75) is 71.0 Å². The highest BCUT2D eigenvalue weighted by Crippen LogP contribution is 2.17. The van der Waals surface area contributed by atoms with Crippen molar-refractivity contribution in [2.24, 2.45) is 10.7 Å². The van der Waals surface area contributed by atoms with Gasteiger partial charge in [0.25, 0.3) is 0 Å². The maximum atomic E-state index is 11.7. The molecule has 1 saturated carbocycles. The Hall–Kier alpha value is -1.51. The van der Waals surface area contributed by atoms with Crippen molar-refractivity contribution in [1.29, 1.82) is 0 Å². The van der Waals surface area contributed by atoms with Gasteiger partial charge in [-0.2, -0.15) is 0 Å². The smallest absolute Gasteiger partial charge is 0.319 e. The molecular formula is C19H32IN5O. The molecule has 1 aromatic rings. The second-order valence-corrected chi connectivity index (χ2v) is 6.98. The molecule has 0 unspecified atom stereocenters. The van der Waals surface area contributed by atoms with Crippen molar-refractivity contribution >= 4 is 41.7 Å². The fourth-order valence-corrected chi connectivity index (χ4v) is 2.98. The Morgan fingerprint density at radius 2 is 1.77 bits per heavy atom. The van der Waals surface area contributed by atoms with E-state index in [1.807, 2.05) is 38.1 Å². The quantitative estimate of drug-likeness (QED) is 0.226. The van der Waals surface area contributed by atoms with Gasteiger partial charge in [-0.1, -0.05) is 37.8 Å². The molecule has 2 rings (SSSR count). The highest BCUT2D eigenvalue weighted by molar-refractivity contribution is 14.0. The topological polar surface area (TPSA) is 91.5 Å². The Morgan fingerprint density at radius 3 is 2.35 bits per heavy atom. The van der Waals surface area contributed by atoms with Gasteiger partial charge in [-0.3, -0.25) is 0 Å². The number of urea groups is 1. The number of carbonyl (C=O) groups is 1. The second-order valence-electron chi connectivity index (χ2n) is 6.98. The van der Waals surface area contributed by atoms with E-state index < -0.39 is 0 Å². The molecule has 26 heavy (non-hydrogen) atoms. The van der Waals surface area contributed by atoms with Crippen LogP contribution < -0.4 is 21.7 Å². The van der Waals surface area contributed by atoms with Gasteiger partial charge in [-0.05, 0) is 44.4 Å². The van der Waals surface area contributed by atoms with Crippen LogP contribution in [0.3, 0.4) is 0 Å². The summed E-state index contributed by atoms with van der Waals surface area (Å²) < 4.78 is 0. The van der Waals surface area contributed by atoms with Crippen LogP contribution in [0.4, 0.5) is 10.5 Å². The number of guanidine groups is 1. The average Bonchev–Trinajstić information content (AvgIpc) is 2.82. The van der Waals surface area contributed by atoms with Crippen LogP contribution in [0.1, 0.15) is 57.9 Å². The summed E-state index contributed by atoms with van der Waals surface area (Å²) in [7, 11) is 0. The van der Waals surface area contributed by atoms with E-state index in [2.05, 4.69) is 20.9 Å². The first kappa shape index (κ1) is 22.5. The molecule has 0 aromatic heterocycles. The number of halogens is 1. The Labute approximate surface area is 173 Å². The van der Waals surface area contributed by atoms with Gasteiger partial charge in [0.05, 0.1) is 6.54 Å². The van der Waals surface area contributed by atoms with Crippen LogP contribution in [0.15, 0.2) is 29.3 Å².